The monoisotopic (exact) mass is 438 g/mol. The number of benzene rings is 2. The Morgan fingerprint density at radius 3 is 2.84 bits per heavy atom. The molecule has 2 heterocycles. The first-order valence-electron chi connectivity index (χ1n) is 9.67. The summed E-state index contributed by atoms with van der Waals surface area (Å²) in [5.74, 6) is 3.49. The number of aromatic nitrogens is 3. The molecule has 0 unspecified atom stereocenters. The molecule has 0 saturated carbocycles. The number of thioether (sulfide) groups is 1. The van der Waals surface area contributed by atoms with E-state index in [-0.39, 0.29) is 18.6 Å². The van der Waals surface area contributed by atoms with E-state index in [9.17, 15) is 4.79 Å². The summed E-state index contributed by atoms with van der Waals surface area (Å²) >= 11 is 1.55. The Kier molecular flexibility index (Phi) is 6.37. The number of carbonyl (C=O) groups is 1. The Morgan fingerprint density at radius 1 is 1.13 bits per heavy atom. The smallest absolute Gasteiger partial charge is 0.232 e. The molecule has 0 radical (unpaired) electrons. The number of fused-ring (bicyclic) bond motifs is 1. The maximum Gasteiger partial charge on any atom is 0.232 e. The van der Waals surface area contributed by atoms with Crippen LogP contribution in [0.15, 0.2) is 42.5 Å². The van der Waals surface area contributed by atoms with Gasteiger partial charge in [-0.3, -0.25) is 4.79 Å². The fourth-order valence-electron chi connectivity index (χ4n) is 2.92. The average molecular weight is 439 g/mol. The zero-order valence-electron chi connectivity index (χ0n) is 16.9. The molecule has 0 spiro atoms. The molecule has 160 valence electrons. The summed E-state index contributed by atoms with van der Waals surface area (Å²) in [5.41, 5.74) is 8.49. The van der Waals surface area contributed by atoms with Crippen molar-refractivity contribution < 1.29 is 14.3 Å². The van der Waals surface area contributed by atoms with Crippen LogP contribution in [0.3, 0.4) is 0 Å². The van der Waals surface area contributed by atoms with Crippen molar-refractivity contribution in [2.24, 2.45) is 0 Å². The van der Waals surface area contributed by atoms with Crippen molar-refractivity contribution in [3.8, 4) is 11.5 Å². The number of aryl methyl sites for hydroxylation is 1. The van der Waals surface area contributed by atoms with Gasteiger partial charge in [0.2, 0.25) is 24.6 Å². The lowest BCUT2D eigenvalue weighted by Gasteiger charge is -2.09. The van der Waals surface area contributed by atoms with Crippen LogP contribution in [0.5, 0.6) is 11.5 Å². The minimum atomic E-state index is -0.0802. The van der Waals surface area contributed by atoms with E-state index in [2.05, 4.69) is 25.6 Å². The summed E-state index contributed by atoms with van der Waals surface area (Å²) < 4.78 is 10.6. The van der Waals surface area contributed by atoms with Gasteiger partial charge in [-0.2, -0.15) is 26.7 Å². The fourth-order valence-corrected chi connectivity index (χ4v) is 3.70. The van der Waals surface area contributed by atoms with Gasteiger partial charge < -0.3 is 25.8 Å². The van der Waals surface area contributed by atoms with Gasteiger partial charge in [0.25, 0.3) is 0 Å². The number of hydrogen-bond acceptors (Lipinski definition) is 9. The summed E-state index contributed by atoms with van der Waals surface area (Å²) in [5, 5.41) is 6.03. The molecule has 3 aromatic rings. The van der Waals surface area contributed by atoms with Gasteiger partial charge in [0.05, 0.1) is 5.75 Å². The highest BCUT2D eigenvalue weighted by Crippen LogP contribution is 2.34. The first kappa shape index (κ1) is 20.7. The number of rotatable bonds is 8. The van der Waals surface area contributed by atoms with Gasteiger partial charge in [-0.05, 0) is 30.7 Å². The van der Waals surface area contributed by atoms with E-state index in [1.165, 1.54) is 0 Å². The Hall–Kier alpha value is -3.53. The molecule has 4 rings (SSSR count). The minimum absolute atomic E-state index is 0.0802. The normalized spacial score (nSPS) is 11.9. The summed E-state index contributed by atoms with van der Waals surface area (Å²) in [4.78, 5) is 25.0. The van der Waals surface area contributed by atoms with Crippen LogP contribution < -0.4 is 25.8 Å². The number of amides is 1. The van der Waals surface area contributed by atoms with Crippen molar-refractivity contribution in [3.63, 3.8) is 0 Å². The van der Waals surface area contributed by atoms with Crippen molar-refractivity contribution in [1.82, 2.24) is 15.0 Å². The molecular formula is C21H22N6O3S. The van der Waals surface area contributed by atoms with Gasteiger partial charge in [-0.25, -0.2) is 0 Å². The number of nitrogens with one attached hydrogen (secondary N) is 2. The van der Waals surface area contributed by atoms with E-state index >= 15 is 0 Å². The van der Waals surface area contributed by atoms with Gasteiger partial charge in [0.15, 0.2) is 11.5 Å². The molecule has 10 heteroatoms. The highest BCUT2D eigenvalue weighted by Gasteiger charge is 2.14. The molecule has 1 aliphatic heterocycles. The number of nitrogen functional groups attached to an aromatic ring is 1. The SMILES string of the molecule is Cc1ccccc1Nc1nc(N)nc(CSCCC(=O)Nc2ccc3c(c2)OCO3)n1. The van der Waals surface area contributed by atoms with Crippen molar-refractivity contribution in [1.29, 1.82) is 0 Å². The highest BCUT2D eigenvalue weighted by molar-refractivity contribution is 7.98. The van der Waals surface area contributed by atoms with Gasteiger partial charge in [0, 0.05) is 29.6 Å². The number of para-hydroxylation sites is 1. The lowest BCUT2D eigenvalue weighted by molar-refractivity contribution is -0.115. The number of carbonyl (C=O) groups excluding carboxylic acids is 1. The van der Waals surface area contributed by atoms with Crippen LogP contribution in [0.1, 0.15) is 17.8 Å². The van der Waals surface area contributed by atoms with Gasteiger partial charge in [-0.1, -0.05) is 18.2 Å². The van der Waals surface area contributed by atoms with Crippen LogP contribution >= 0.6 is 11.8 Å². The summed E-state index contributed by atoms with van der Waals surface area (Å²) in [6.45, 7) is 2.20. The number of nitrogens with two attached hydrogens (primary N) is 1. The van der Waals surface area contributed by atoms with Crippen LogP contribution in [0.4, 0.5) is 23.3 Å². The van der Waals surface area contributed by atoms with Crippen LogP contribution in [0.25, 0.3) is 0 Å². The van der Waals surface area contributed by atoms with Crippen LogP contribution in [-0.2, 0) is 10.5 Å². The predicted molar refractivity (Wildman–Crippen MR) is 121 cm³/mol. The third kappa shape index (κ3) is 5.54. The maximum atomic E-state index is 12.2. The second-order valence-electron chi connectivity index (χ2n) is 6.79. The van der Waals surface area contributed by atoms with Crippen molar-refractivity contribution in [2.75, 3.05) is 28.9 Å². The first-order valence-corrected chi connectivity index (χ1v) is 10.8. The second kappa shape index (κ2) is 9.52. The molecule has 0 atom stereocenters. The Labute approximate surface area is 183 Å². The van der Waals surface area contributed by atoms with Crippen molar-refractivity contribution in [3.05, 3.63) is 53.9 Å². The maximum absolute atomic E-state index is 12.2. The zero-order chi connectivity index (χ0) is 21.6. The fraction of sp³-hybridized carbons (Fsp3) is 0.238. The van der Waals surface area contributed by atoms with E-state index in [1.54, 1.807) is 30.0 Å². The van der Waals surface area contributed by atoms with E-state index < -0.39 is 0 Å². The third-order valence-corrected chi connectivity index (χ3v) is 5.41. The Balaban J connectivity index is 1.26. The lowest BCUT2D eigenvalue weighted by Crippen LogP contribution is -2.12. The molecule has 4 N–H and O–H groups in total. The van der Waals surface area contributed by atoms with Gasteiger partial charge in [-0.15, -0.1) is 0 Å². The lowest BCUT2D eigenvalue weighted by atomic mass is 10.2. The van der Waals surface area contributed by atoms with Gasteiger partial charge in [0.1, 0.15) is 5.82 Å². The number of nitrogens with zero attached hydrogens (tertiary/aromatic N) is 3. The number of hydrogen-bond donors (Lipinski definition) is 3. The summed E-state index contributed by atoms with van der Waals surface area (Å²) in [6, 6.07) is 13.2. The molecule has 1 aliphatic rings. The standard InChI is InChI=1S/C21H22N6O3S/c1-13-4-2-3-5-15(13)24-21-26-18(25-20(22)27-21)11-31-9-8-19(28)23-14-6-7-16-17(10-14)30-12-29-16/h2-7,10H,8-9,11-12H2,1H3,(H,23,28)(H3,22,24,25,26,27). The molecule has 0 aliphatic carbocycles. The molecule has 9 nitrogen and oxygen atoms in total. The van der Waals surface area contributed by atoms with E-state index in [0.717, 1.165) is 11.3 Å². The first-order chi connectivity index (χ1) is 15.1. The molecule has 1 amide bonds. The van der Waals surface area contributed by atoms with Crippen LogP contribution in [-0.4, -0.2) is 33.4 Å². The van der Waals surface area contributed by atoms with Crippen LogP contribution in [0, 0.1) is 6.92 Å². The Bertz CT molecular complexity index is 1090. The molecule has 1 aromatic heterocycles. The molecule has 0 saturated heterocycles. The number of ether oxygens (including phenoxy) is 2. The number of anilines is 4. The quantitative estimate of drug-likeness (QED) is 0.453. The average Bonchev–Trinajstić information content (AvgIpc) is 3.20. The summed E-state index contributed by atoms with van der Waals surface area (Å²) in [6.07, 6.45) is 0.355. The molecular weight excluding hydrogens is 416 g/mol. The largest absolute Gasteiger partial charge is 0.454 e. The van der Waals surface area contributed by atoms with Gasteiger partial charge >= 0.3 is 0 Å². The van der Waals surface area contributed by atoms with Crippen molar-refractivity contribution >= 4 is 40.9 Å². The molecule has 0 bridgehead atoms. The molecule has 0 fully saturated rings. The van der Waals surface area contributed by atoms with Crippen molar-refractivity contribution in [2.45, 2.75) is 19.1 Å². The van der Waals surface area contributed by atoms with E-state index in [1.807, 2.05) is 31.2 Å². The minimum Gasteiger partial charge on any atom is -0.454 e. The van der Waals surface area contributed by atoms with Crippen LogP contribution in [0.2, 0.25) is 0 Å². The highest BCUT2D eigenvalue weighted by atomic mass is 32.2. The Morgan fingerprint density at radius 2 is 1.97 bits per heavy atom. The predicted octanol–water partition coefficient (Wildman–Crippen LogP) is 3.50. The summed E-state index contributed by atoms with van der Waals surface area (Å²) in [7, 11) is 0. The second-order valence-corrected chi connectivity index (χ2v) is 7.90. The molecule has 31 heavy (non-hydrogen) atoms. The van der Waals surface area contributed by atoms with E-state index in [4.69, 9.17) is 15.2 Å². The zero-order valence-corrected chi connectivity index (χ0v) is 17.7. The van der Waals surface area contributed by atoms with E-state index in [0.29, 0.717) is 46.9 Å². The third-order valence-electron chi connectivity index (χ3n) is 4.45. The molecule has 2 aromatic carbocycles. The topological polar surface area (TPSA) is 124 Å².